The standard InChI is InChI=1S/C20H27N3O/c1-13(2)15-5-3-14(4-6-15)11-23-10-9-18-17(12-23)20(24)22-19(21-18)16-7-8-16/h3,15-16H,1,4-12H2,2H3,(H,21,22,24). The molecule has 24 heavy (non-hydrogen) atoms. The molecule has 128 valence electrons. The molecule has 0 aromatic carbocycles. The van der Waals surface area contributed by atoms with Crippen LogP contribution in [0, 0.1) is 5.92 Å². The third-order valence-electron chi connectivity index (χ3n) is 5.76. The van der Waals surface area contributed by atoms with E-state index in [0.717, 1.165) is 56.0 Å². The molecule has 1 aromatic heterocycles. The largest absolute Gasteiger partial charge is 0.310 e. The number of aromatic nitrogens is 2. The van der Waals surface area contributed by atoms with Crippen molar-refractivity contribution >= 4 is 0 Å². The topological polar surface area (TPSA) is 49.0 Å². The van der Waals surface area contributed by atoms with Gasteiger partial charge >= 0.3 is 0 Å². The van der Waals surface area contributed by atoms with E-state index in [0.29, 0.717) is 11.8 Å². The van der Waals surface area contributed by atoms with E-state index in [9.17, 15) is 4.79 Å². The van der Waals surface area contributed by atoms with Crippen LogP contribution < -0.4 is 5.56 Å². The van der Waals surface area contributed by atoms with Gasteiger partial charge in [-0.15, -0.1) is 0 Å². The molecule has 1 aromatic rings. The highest BCUT2D eigenvalue weighted by atomic mass is 16.1. The van der Waals surface area contributed by atoms with E-state index in [4.69, 9.17) is 4.98 Å². The molecule has 0 saturated heterocycles. The Bertz CT molecular complexity index is 742. The maximum Gasteiger partial charge on any atom is 0.255 e. The zero-order valence-corrected chi connectivity index (χ0v) is 14.6. The quantitative estimate of drug-likeness (QED) is 0.864. The summed E-state index contributed by atoms with van der Waals surface area (Å²) in [7, 11) is 0. The first-order chi connectivity index (χ1) is 11.6. The van der Waals surface area contributed by atoms with Crippen molar-refractivity contribution in [3.05, 3.63) is 51.2 Å². The fourth-order valence-electron chi connectivity index (χ4n) is 3.95. The second-order valence-corrected chi connectivity index (χ2v) is 7.79. The van der Waals surface area contributed by atoms with Gasteiger partial charge in [0.2, 0.25) is 0 Å². The van der Waals surface area contributed by atoms with Crippen LogP contribution in [-0.4, -0.2) is 28.0 Å². The van der Waals surface area contributed by atoms with Crippen LogP contribution in [0.2, 0.25) is 0 Å². The predicted octanol–water partition coefficient (Wildman–Crippen LogP) is 3.31. The SMILES string of the molecule is C=C(C)C1CC=C(CN2CCc3nc(C4CC4)[nH]c(=O)c3C2)CC1. The molecule has 1 unspecified atom stereocenters. The van der Waals surface area contributed by atoms with Gasteiger partial charge in [0.05, 0.1) is 11.3 Å². The summed E-state index contributed by atoms with van der Waals surface area (Å²) in [5.41, 5.74) is 4.85. The molecule has 4 rings (SSSR count). The summed E-state index contributed by atoms with van der Waals surface area (Å²) >= 11 is 0. The molecular weight excluding hydrogens is 298 g/mol. The molecular formula is C20H27N3O. The van der Waals surface area contributed by atoms with Gasteiger partial charge in [-0.3, -0.25) is 9.69 Å². The molecule has 2 heterocycles. The van der Waals surface area contributed by atoms with E-state index >= 15 is 0 Å². The van der Waals surface area contributed by atoms with Crippen LogP contribution in [0.15, 0.2) is 28.6 Å². The molecule has 0 spiro atoms. The molecule has 0 bridgehead atoms. The molecule has 0 radical (unpaired) electrons. The normalized spacial score (nSPS) is 24.4. The third kappa shape index (κ3) is 3.25. The minimum atomic E-state index is 0.0894. The van der Waals surface area contributed by atoms with Gasteiger partial charge in [-0.2, -0.15) is 0 Å². The van der Waals surface area contributed by atoms with Crippen molar-refractivity contribution in [2.24, 2.45) is 5.92 Å². The number of nitrogens with zero attached hydrogens (tertiary/aromatic N) is 2. The molecule has 2 aliphatic carbocycles. The summed E-state index contributed by atoms with van der Waals surface area (Å²) in [4.78, 5) is 22.6. The van der Waals surface area contributed by atoms with Crippen LogP contribution in [0.4, 0.5) is 0 Å². The van der Waals surface area contributed by atoms with Crippen molar-refractivity contribution in [3.63, 3.8) is 0 Å². The Hall–Kier alpha value is -1.68. The van der Waals surface area contributed by atoms with Gasteiger partial charge in [-0.1, -0.05) is 23.8 Å². The van der Waals surface area contributed by atoms with Crippen LogP contribution in [-0.2, 0) is 13.0 Å². The maximum atomic E-state index is 12.4. The number of nitrogens with one attached hydrogen (secondary N) is 1. The summed E-state index contributed by atoms with van der Waals surface area (Å²) < 4.78 is 0. The first-order valence-electron chi connectivity index (χ1n) is 9.28. The number of rotatable bonds is 4. The summed E-state index contributed by atoms with van der Waals surface area (Å²) in [6.07, 6.45) is 9.16. The van der Waals surface area contributed by atoms with Crippen LogP contribution >= 0.6 is 0 Å². The van der Waals surface area contributed by atoms with Gasteiger partial charge in [0.15, 0.2) is 0 Å². The highest BCUT2D eigenvalue weighted by molar-refractivity contribution is 5.24. The minimum absolute atomic E-state index is 0.0894. The van der Waals surface area contributed by atoms with Crippen molar-refractivity contribution < 1.29 is 0 Å². The Kier molecular flexibility index (Phi) is 4.17. The van der Waals surface area contributed by atoms with E-state index in [1.54, 1.807) is 0 Å². The van der Waals surface area contributed by atoms with Crippen molar-refractivity contribution in [2.45, 2.75) is 57.9 Å². The van der Waals surface area contributed by atoms with E-state index in [1.165, 1.54) is 30.4 Å². The number of H-pyrrole nitrogens is 1. The Morgan fingerprint density at radius 1 is 1.38 bits per heavy atom. The number of hydrogen-bond acceptors (Lipinski definition) is 3. The van der Waals surface area contributed by atoms with Gasteiger partial charge < -0.3 is 4.98 Å². The number of hydrogen-bond donors (Lipinski definition) is 1. The lowest BCUT2D eigenvalue weighted by Gasteiger charge is -2.30. The van der Waals surface area contributed by atoms with Gasteiger partial charge in [-0.05, 0) is 44.9 Å². The highest BCUT2D eigenvalue weighted by Gasteiger charge is 2.29. The van der Waals surface area contributed by atoms with Crippen molar-refractivity contribution in [3.8, 4) is 0 Å². The zero-order valence-electron chi connectivity index (χ0n) is 14.6. The molecule has 1 saturated carbocycles. The smallest absolute Gasteiger partial charge is 0.255 e. The van der Waals surface area contributed by atoms with E-state index in [1.807, 2.05) is 0 Å². The summed E-state index contributed by atoms with van der Waals surface area (Å²) in [6.45, 7) is 8.97. The maximum absolute atomic E-state index is 12.4. The Balaban J connectivity index is 1.43. The first kappa shape index (κ1) is 15.8. The van der Waals surface area contributed by atoms with Crippen molar-refractivity contribution in [2.75, 3.05) is 13.1 Å². The Morgan fingerprint density at radius 3 is 2.88 bits per heavy atom. The summed E-state index contributed by atoms with van der Waals surface area (Å²) in [5, 5.41) is 0. The molecule has 3 aliphatic rings. The van der Waals surface area contributed by atoms with Crippen LogP contribution in [0.5, 0.6) is 0 Å². The average Bonchev–Trinajstić information content (AvgIpc) is 3.41. The lowest BCUT2D eigenvalue weighted by atomic mass is 9.85. The molecule has 1 fully saturated rings. The minimum Gasteiger partial charge on any atom is -0.310 e. The molecule has 1 aliphatic heterocycles. The fraction of sp³-hybridized carbons (Fsp3) is 0.600. The van der Waals surface area contributed by atoms with Gasteiger partial charge in [0.1, 0.15) is 5.82 Å². The van der Waals surface area contributed by atoms with Gasteiger partial charge in [0.25, 0.3) is 5.56 Å². The summed E-state index contributed by atoms with van der Waals surface area (Å²) in [6, 6.07) is 0. The molecule has 1 atom stereocenters. The second kappa shape index (κ2) is 6.32. The number of fused-ring (bicyclic) bond motifs is 1. The first-order valence-corrected chi connectivity index (χ1v) is 9.28. The fourth-order valence-corrected chi connectivity index (χ4v) is 3.95. The molecule has 4 heteroatoms. The molecule has 4 nitrogen and oxygen atoms in total. The third-order valence-corrected chi connectivity index (χ3v) is 5.76. The second-order valence-electron chi connectivity index (χ2n) is 7.79. The Labute approximate surface area is 143 Å². The van der Waals surface area contributed by atoms with Crippen molar-refractivity contribution in [1.82, 2.24) is 14.9 Å². The van der Waals surface area contributed by atoms with E-state index < -0.39 is 0 Å². The van der Waals surface area contributed by atoms with Crippen LogP contribution in [0.3, 0.4) is 0 Å². The Morgan fingerprint density at radius 2 is 2.21 bits per heavy atom. The van der Waals surface area contributed by atoms with Gasteiger partial charge in [0, 0.05) is 32.0 Å². The predicted molar refractivity (Wildman–Crippen MR) is 96.1 cm³/mol. The van der Waals surface area contributed by atoms with E-state index in [-0.39, 0.29) is 5.56 Å². The van der Waals surface area contributed by atoms with Gasteiger partial charge in [-0.25, -0.2) is 4.98 Å². The lowest BCUT2D eigenvalue weighted by molar-refractivity contribution is 0.265. The number of allylic oxidation sites excluding steroid dienone is 2. The van der Waals surface area contributed by atoms with Crippen LogP contribution in [0.25, 0.3) is 0 Å². The zero-order chi connectivity index (χ0) is 16.7. The van der Waals surface area contributed by atoms with Crippen LogP contribution in [0.1, 0.15) is 62.0 Å². The lowest BCUT2D eigenvalue weighted by Crippen LogP contribution is -2.37. The molecule has 1 N–H and O–H groups in total. The van der Waals surface area contributed by atoms with Crippen molar-refractivity contribution in [1.29, 1.82) is 0 Å². The average molecular weight is 325 g/mol. The summed E-state index contributed by atoms with van der Waals surface area (Å²) in [5.74, 6) is 2.09. The highest BCUT2D eigenvalue weighted by Crippen LogP contribution is 2.38. The number of aromatic amines is 1. The van der Waals surface area contributed by atoms with E-state index in [2.05, 4.69) is 29.5 Å². The monoisotopic (exact) mass is 325 g/mol. The molecule has 0 amide bonds.